The Kier molecular flexibility index (Phi) is 6.29. The highest BCUT2D eigenvalue weighted by molar-refractivity contribution is 6.30. The third-order valence-corrected chi connectivity index (χ3v) is 4.81. The summed E-state index contributed by atoms with van der Waals surface area (Å²) in [5, 5.41) is 3.31. The van der Waals surface area contributed by atoms with Gasteiger partial charge in [0.2, 0.25) is 5.91 Å². The van der Waals surface area contributed by atoms with Crippen LogP contribution < -0.4 is 10.2 Å². The molecule has 1 fully saturated rings. The van der Waals surface area contributed by atoms with Gasteiger partial charge in [-0.15, -0.1) is 0 Å². The van der Waals surface area contributed by atoms with Crippen LogP contribution in [0.5, 0.6) is 0 Å². The lowest BCUT2D eigenvalue weighted by molar-refractivity contribution is -0.131. The topological polar surface area (TPSA) is 52.7 Å². The molecule has 0 aromatic heterocycles. The van der Waals surface area contributed by atoms with Crippen LogP contribution in [0.2, 0.25) is 5.02 Å². The number of hydrogen-bond acceptors (Lipinski definition) is 3. The SMILES string of the molecule is O=C(NCCC(=O)N1CCN(c2ccccc2F)CC1)c1ccc(Cl)cc1. The number of nitrogens with zero attached hydrogens (tertiary/aromatic N) is 2. The molecule has 0 radical (unpaired) electrons. The minimum Gasteiger partial charge on any atom is -0.366 e. The standard InChI is InChI=1S/C20H21ClFN3O2/c21-16-7-5-15(6-8-16)20(27)23-10-9-19(26)25-13-11-24(12-14-25)18-4-2-1-3-17(18)22/h1-8H,9-14H2,(H,23,27). The van der Waals surface area contributed by atoms with E-state index in [4.69, 9.17) is 11.6 Å². The molecule has 3 rings (SSSR count). The van der Waals surface area contributed by atoms with E-state index < -0.39 is 0 Å². The summed E-state index contributed by atoms with van der Waals surface area (Å²) in [4.78, 5) is 28.1. The average molecular weight is 390 g/mol. The van der Waals surface area contributed by atoms with E-state index >= 15 is 0 Å². The Hall–Kier alpha value is -2.60. The van der Waals surface area contributed by atoms with Gasteiger partial charge in [-0.1, -0.05) is 23.7 Å². The van der Waals surface area contributed by atoms with Gasteiger partial charge >= 0.3 is 0 Å². The van der Waals surface area contributed by atoms with Crippen LogP contribution in [0.25, 0.3) is 0 Å². The maximum absolute atomic E-state index is 13.9. The number of carbonyl (C=O) groups excluding carboxylic acids is 2. The molecule has 0 bridgehead atoms. The number of anilines is 1. The Labute approximate surface area is 162 Å². The average Bonchev–Trinajstić information content (AvgIpc) is 2.69. The highest BCUT2D eigenvalue weighted by Gasteiger charge is 2.22. The molecule has 0 aliphatic carbocycles. The van der Waals surface area contributed by atoms with E-state index in [-0.39, 0.29) is 30.6 Å². The molecular weight excluding hydrogens is 369 g/mol. The second kappa shape index (κ2) is 8.86. The Morgan fingerprint density at radius 2 is 1.67 bits per heavy atom. The summed E-state index contributed by atoms with van der Waals surface area (Å²) in [6, 6.07) is 13.2. The number of carbonyl (C=O) groups is 2. The Bertz CT molecular complexity index is 805. The first-order valence-corrected chi connectivity index (χ1v) is 9.23. The molecule has 1 aliphatic rings. The number of halogens is 2. The van der Waals surface area contributed by atoms with Crippen LogP contribution >= 0.6 is 11.6 Å². The van der Waals surface area contributed by atoms with Gasteiger partial charge < -0.3 is 15.1 Å². The van der Waals surface area contributed by atoms with Crippen LogP contribution in [-0.2, 0) is 4.79 Å². The molecule has 1 N–H and O–H groups in total. The Morgan fingerprint density at radius 3 is 2.33 bits per heavy atom. The third kappa shape index (κ3) is 4.98. The zero-order valence-corrected chi connectivity index (χ0v) is 15.6. The van der Waals surface area contributed by atoms with Crippen molar-refractivity contribution in [2.75, 3.05) is 37.6 Å². The molecule has 2 amide bonds. The first-order chi connectivity index (χ1) is 13.0. The summed E-state index contributed by atoms with van der Waals surface area (Å²) in [6.45, 7) is 2.53. The van der Waals surface area contributed by atoms with Crippen molar-refractivity contribution in [1.82, 2.24) is 10.2 Å². The lowest BCUT2D eigenvalue weighted by Crippen LogP contribution is -2.49. The highest BCUT2D eigenvalue weighted by atomic mass is 35.5. The minimum absolute atomic E-state index is 0.0143. The van der Waals surface area contributed by atoms with Crippen molar-refractivity contribution < 1.29 is 14.0 Å². The van der Waals surface area contributed by atoms with Crippen LogP contribution in [0.4, 0.5) is 10.1 Å². The fourth-order valence-corrected chi connectivity index (χ4v) is 3.18. The zero-order chi connectivity index (χ0) is 19.2. The van der Waals surface area contributed by atoms with Crippen molar-refractivity contribution in [2.45, 2.75) is 6.42 Å². The van der Waals surface area contributed by atoms with E-state index in [1.54, 1.807) is 47.4 Å². The molecule has 2 aromatic rings. The maximum atomic E-state index is 13.9. The first-order valence-electron chi connectivity index (χ1n) is 8.85. The number of piperazine rings is 1. The molecule has 0 atom stereocenters. The summed E-state index contributed by atoms with van der Waals surface area (Å²) in [5.41, 5.74) is 1.07. The number of para-hydroxylation sites is 1. The van der Waals surface area contributed by atoms with Gasteiger partial charge in [0, 0.05) is 49.7 Å². The van der Waals surface area contributed by atoms with Gasteiger partial charge in [0.25, 0.3) is 5.91 Å². The van der Waals surface area contributed by atoms with Crippen LogP contribution in [0.3, 0.4) is 0 Å². The normalized spacial score (nSPS) is 14.1. The third-order valence-electron chi connectivity index (χ3n) is 4.56. The quantitative estimate of drug-likeness (QED) is 0.855. The van der Waals surface area contributed by atoms with Gasteiger partial charge in [0.05, 0.1) is 5.69 Å². The molecule has 0 saturated carbocycles. The highest BCUT2D eigenvalue weighted by Crippen LogP contribution is 2.20. The second-order valence-electron chi connectivity index (χ2n) is 6.33. The van der Waals surface area contributed by atoms with Gasteiger partial charge in [-0.25, -0.2) is 4.39 Å². The van der Waals surface area contributed by atoms with E-state index in [1.807, 2.05) is 4.90 Å². The van der Waals surface area contributed by atoms with Crippen molar-refractivity contribution in [2.24, 2.45) is 0 Å². The van der Waals surface area contributed by atoms with Crippen molar-refractivity contribution in [3.63, 3.8) is 0 Å². The molecule has 1 saturated heterocycles. The largest absolute Gasteiger partial charge is 0.366 e. The van der Waals surface area contributed by atoms with Gasteiger partial charge in [-0.2, -0.15) is 0 Å². The Morgan fingerprint density at radius 1 is 1.00 bits per heavy atom. The van der Waals surface area contributed by atoms with Crippen molar-refractivity contribution >= 4 is 29.1 Å². The fraction of sp³-hybridized carbons (Fsp3) is 0.300. The van der Waals surface area contributed by atoms with Crippen LogP contribution in [0, 0.1) is 5.82 Å². The van der Waals surface area contributed by atoms with E-state index in [1.165, 1.54) is 6.07 Å². The van der Waals surface area contributed by atoms with Crippen LogP contribution in [0.1, 0.15) is 16.8 Å². The van der Waals surface area contributed by atoms with E-state index in [9.17, 15) is 14.0 Å². The molecule has 142 valence electrons. The number of rotatable bonds is 5. The zero-order valence-electron chi connectivity index (χ0n) is 14.8. The molecule has 0 unspecified atom stereocenters. The number of hydrogen-bond donors (Lipinski definition) is 1. The van der Waals surface area contributed by atoms with E-state index in [0.717, 1.165) is 0 Å². The maximum Gasteiger partial charge on any atom is 0.251 e. The monoisotopic (exact) mass is 389 g/mol. The lowest BCUT2D eigenvalue weighted by Gasteiger charge is -2.36. The van der Waals surface area contributed by atoms with Gasteiger partial charge in [-0.3, -0.25) is 9.59 Å². The van der Waals surface area contributed by atoms with Gasteiger partial charge in [0.1, 0.15) is 5.82 Å². The van der Waals surface area contributed by atoms with Crippen molar-refractivity contribution in [3.8, 4) is 0 Å². The number of amides is 2. The lowest BCUT2D eigenvalue weighted by atomic mass is 10.2. The smallest absolute Gasteiger partial charge is 0.251 e. The van der Waals surface area contributed by atoms with Crippen molar-refractivity contribution in [3.05, 3.63) is 64.9 Å². The molecule has 5 nitrogen and oxygen atoms in total. The fourth-order valence-electron chi connectivity index (χ4n) is 3.05. The first kappa shape index (κ1) is 19.2. The van der Waals surface area contributed by atoms with E-state index in [2.05, 4.69) is 5.32 Å². The van der Waals surface area contributed by atoms with Gasteiger partial charge in [0.15, 0.2) is 0 Å². The van der Waals surface area contributed by atoms with Crippen LogP contribution in [-0.4, -0.2) is 49.4 Å². The van der Waals surface area contributed by atoms with E-state index in [0.29, 0.717) is 42.5 Å². The molecule has 7 heteroatoms. The summed E-state index contributed by atoms with van der Waals surface area (Å²) in [5.74, 6) is -0.495. The molecule has 1 heterocycles. The Balaban J connectivity index is 1.42. The number of nitrogens with one attached hydrogen (secondary N) is 1. The summed E-state index contributed by atoms with van der Waals surface area (Å²) in [7, 11) is 0. The predicted octanol–water partition coefficient (Wildman–Crippen LogP) is 2.95. The number of benzene rings is 2. The summed E-state index contributed by atoms with van der Waals surface area (Å²) in [6.07, 6.45) is 0.235. The second-order valence-corrected chi connectivity index (χ2v) is 6.77. The van der Waals surface area contributed by atoms with Gasteiger partial charge in [-0.05, 0) is 36.4 Å². The summed E-state index contributed by atoms with van der Waals surface area (Å²) < 4.78 is 13.9. The molecule has 27 heavy (non-hydrogen) atoms. The molecule has 1 aliphatic heterocycles. The minimum atomic E-state index is -0.248. The molecule has 0 spiro atoms. The van der Waals surface area contributed by atoms with Crippen molar-refractivity contribution in [1.29, 1.82) is 0 Å². The predicted molar refractivity (Wildman–Crippen MR) is 104 cm³/mol. The van der Waals surface area contributed by atoms with Crippen LogP contribution in [0.15, 0.2) is 48.5 Å². The molecular formula is C20H21ClFN3O2. The molecule has 2 aromatic carbocycles. The summed E-state index contributed by atoms with van der Waals surface area (Å²) >= 11 is 5.80.